The van der Waals surface area contributed by atoms with Gasteiger partial charge in [-0.3, -0.25) is 0 Å². The first-order valence-corrected chi connectivity index (χ1v) is 18.1. The SMILES string of the molecule is CCCCCCCC/C=C\CCCCCCCCONC(CO)C(O)CCCCCCCCCCCCCCC. The zero-order chi connectivity index (χ0) is 29.2. The van der Waals surface area contributed by atoms with E-state index in [1.165, 1.54) is 161 Å². The molecule has 4 nitrogen and oxygen atoms in total. The van der Waals surface area contributed by atoms with Gasteiger partial charge in [-0.25, -0.2) is 0 Å². The van der Waals surface area contributed by atoms with E-state index < -0.39 is 6.10 Å². The summed E-state index contributed by atoms with van der Waals surface area (Å²) in [6, 6.07) is -0.383. The Morgan fingerprint density at radius 2 is 0.900 bits per heavy atom. The molecule has 3 N–H and O–H groups in total. The van der Waals surface area contributed by atoms with Gasteiger partial charge in [-0.2, -0.15) is 5.48 Å². The van der Waals surface area contributed by atoms with E-state index >= 15 is 0 Å². The third kappa shape index (κ3) is 30.5. The van der Waals surface area contributed by atoms with Crippen LogP contribution < -0.4 is 5.48 Å². The van der Waals surface area contributed by atoms with Gasteiger partial charge in [-0.05, 0) is 38.5 Å². The first-order chi connectivity index (χ1) is 19.8. The Morgan fingerprint density at radius 3 is 1.32 bits per heavy atom. The average Bonchev–Trinajstić information content (AvgIpc) is 2.96. The van der Waals surface area contributed by atoms with Crippen molar-refractivity contribution in [2.75, 3.05) is 13.2 Å². The number of allylic oxidation sites excluding steroid dienone is 2. The zero-order valence-corrected chi connectivity index (χ0v) is 27.3. The molecule has 0 aliphatic carbocycles. The molecule has 4 heteroatoms. The molecule has 0 amide bonds. The summed E-state index contributed by atoms with van der Waals surface area (Å²) in [5.41, 5.74) is 2.91. The van der Waals surface area contributed by atoms with Gasteiger partial charge in [0.1, 0.15) is 0 Å². The van der Waals surface area contributed by atoms with E-state index in [9.17, 15) is 10.2 Å². The fourth-order valence-electron chi connectivity index (χ4n) is 5.40. The molecule has 0 radical (unpaired) electrons. The topological polar surface area (TPSA) is 61.7 Å². The van der Waals surface area contributed by atoms with E-state index in [0.29, 0.717) is 6.61 Å². The minimum absolute atomic E-state index is 0.0903. The van der Waals surface area contributed by atoms with E-state index in [2.05, 4.69) is 31.5 Å². The van der Waals surface area contributed by atoms with Crippen molar-refractivity contribution in [2.45, 2.75) is 206 Å². The van der Waals surface area contributed by atoms with Crippen LogP contribution in [0.25, 0.3) is 0 Å². The third-order valence-corrected chi connectivity index (χ3v) is 8.26. The van der Waals surface area contributed by atoms with Crippen molar-refractivity contribution in [3.8, 4) is 0 Å². The van der Waals surface area contributed by atoms with E-state index in [0.717, 1.165) is 19.3 Å². The molecular formula is C36H73NO3. The highest BCUT2D eigenvalue weighted by Gasteiger charge is 2.17. The van der Waals surface area contributed by atoms with Gasteiger partial charge in [0.15, 0.2) is 0 Å². The highest BCUT2D eigenvalue weighted by Crippen LogP contribution is 2.14. The smallest absolute Gasteiger partial charge is 0.0812 e. The van der Waals surface area contributed by atoms with Crippen molar-refractivity contribution in [1.82, 2.24) is 5.48 Å². The van der Waals surface area contributed by atoms with Gasteiger partial charge in [0.2, 0.25) is 0 Å². The predicted molar refractivity (Wildman–Crippen MR) is 176 cm³/mol. The average molecular weight is 568 g/mol. The van der Waals surface area contributed by atoms with Gasteiger partial charge in [0.25, 0.3) is 0 Å². The molecule has 40 heavy (non-hydrogen) atoms. The molecule has 0 bridgehead atoms. The first-order valence-electron chi connectivity index (χ1n) is 18.1. The Balaban J connectivity index is 3.42. The minimum Gasteiger partial charge on any atom is -0.395 e. The normalized spacial score (nSPS) is 13.4. The van der Waals surface area contributed by atoms with Crippen molar-refractivity contribution in [3.63, 3.8) is 0 Å². The molecular weight excluding hydrogens is 494 g/mol. The summed E-state index contributed by atoms with van der Waals surface area (Å²) in [7, 11) is 0. The molecule has 0 aliphatic heterocycles. The van der Waals surface area contributed by atoms with Crippen molar-refractivity contribution < 1.29 is 15.1 Å². The lowest BCUT2D eigenvalue weighted by Crippen LogP contribution is -2.42. The second kappa shape index (κ2) is 34.8. The number of hydroxylamine groups is 1. The Labute approximate surface area is 251 Å². The van der Waals surface area contributed by atoms with E-state index in [4.69, 9.17) is 4.84 Å². The summed E-state index contributed by atoms with van der Waals surface area (Å²) < 4.78 is 0. The maximum Gasteiger partial charge on any atom is 0.0812 e. The molecule has 0 aromatic rings. The molecule has 240 valence electrons. The number of rotatable bonds is 34. The number of hydrogen-bond donors (Lipinski definition) is 3. The maximum absolute atomic E-state index is 10.4. The van der Waals surface area contributed by atoms with Crippen LogP contribution in [0.4, 0.5) is 0 Å². The standard InChI is InChI=1S/C36H73NO3/c1-3-5-7-9-11-13-15-17-18-19-21-23-25-27-29-31-33-40-37-35(34-38)36(39)32-30-28-26-24-22-20-16-14-12-10-8-6-4-2/h17-18,35-39H,3-16,19-34H2,1-2H3/b18-17-. The number of aliphatic hydroxyl groups excluding tert-OH is 2. The fraction of sp³-hybridized carbons (Fsp3) is 0.944. The van der Waals surface area contributed by atoms with Gasteiger partial charge in [0, 0.05) is 0 Å². The lowest BCUT2D eigenvalue weighted by Gasteiger charge is -2.22. The highest BCUT2D eigenvalue weighted by molar-refractivity contribution is 4.81. The molecule has 0 rings (SSSR count). The van der Waals surface area contributed by atoms with Gasteiger partial charge < -0.3 is 15.1 Å². The lowest BCUT2D eigenvalue weighted by atomic mass is 10.0. The van der Waals surface area contributed by atoms with Crippen molar-refractivity contribution in [2.24, 2.45) is 0 Å². The summed E-state index contributed by atoms with van der Waals surface area (Å²) in [5.74, 6) is 0. The van der Waals surface area contributed by atoms with Crippen LogP contribution in [0.3, 0.4) is 0 Å². The van der Waals surface area contributed by atoms with Crippen LogP contribution in [0, 0.1) is 0 Å². The molecule has 0 heterocycles. The minimum atomic E-state index is -0.544. The van der Waals surface area contributed by atoms with Crippen LogP contribution in [-0.2, 0) is 4.84 Å². The van der Waals surface area contributed by atoms with Gasteiger partial charge in [-0.1, -0.05) is 167 Å². The van der Waals surface area contributed by atoms with E-state index in [1.54, 1.807) is 0 Å². The molecule has 0 aromatic heterocycles. The Bertz CT molecular complexity index is 485. The predicted octanol–water partition coefficient (Wildman–Crippen LogP) is 10.7. The Morgan fingerprint density at radius 1 is 0.525 bits per heavy atom. The number of unbranched alkanes of at least 4 members (excludes halogenated alkanes) is 24. The molecule has 2 atom stereocenters. The van der Waals surface area contributed by atoms with Crippen molar-refractivity contribution in [1.29, 1.82) is 0 Å². The molecule has 0 aliphatic rings. The number of hydrogen-bond acceptors (Lipinski definition) is 4. The molecule has 0 aromatic carbocycles. The zero-order valence-electron chi connectivity index (χ0n) is 27.3. The van der Waals surface area contributed by atoms with E-state index in [-0.39, 0.29) is 12.6 Å². The summed E-state index contributed by atoms with van der Waals surface area (Å²) in [5, 5.41) is 20.1. The summed E-state index contributed by atoms with van der Waals surface area (Å²) in [6.45, 7) is 5.10. The number of nitrogens with one attached hydrogen (secondary N) is 1. The first kappa shape index (κ1) is 39.6. The molecule has 0 saturated heterocycles. The monoisotopic (exact) mass is 568 g/mol. The molecule has 2 unspecified atom stereocenters. The fourth-order valence-corrected chi connectivity index (χ4v) is 5.40. The van der Waals surface area contributed by atoms with Crippen LogP contribution >= 0.6 is 0 Å². The lowest BCUT2D eigenvalue weighted by molar-refractivity contribution is -0.0421. The van der Waals surface area contributed by atoms with Crippen LogP contribution in [0.2, 0.25) is 0 Å². The maximum atomic E-state index is 10.4. The second-order valence-corrected chi connectivity index (χ2v) is 12.3. The second-order valence-electron chi connectivity index (χ2n) is 12.3. The van der Waals surface area contributed by atoms with Gasteiger partial charge >= 0.3 is 0 Å². The van der Waals surface area contributed by atoms with Crippen LogP contribution in [0.1, 0.15) is 194 Å². The molecule has 0 fully saturated rings. The number of aliphatic hydroxyl groups is 2. The largest absolute Gasteiger partial charge is 0.395 e. The highest BCUT2D eigenvalue weighted by atomic mass is 16.6. The van der Waals surface area contributed by atoms with E-state index in [1.807, 2.05) is 0 Å². The van der Waals surface area contributed by atoms with Crippen LogP contribution in [-0.4, -0.2) is 35.6 Å². The summed E-state index contributed by atoms with van der Waals surface area (Å²) in [4.78, 5) is 5.57. The molecule has 0 spiro atoms. The van der Waals surface area contributed by atoms with Crippen molar-refractivity contribution in [3.05, 3.63) is 12.2 Å². The Hall–Kier alpha value is -0.420. The summed E-state index contributed by atoms with van der Waals surface area (Å²) >= 11 is 0. The molecule has 0 saturated carbocycles. The quantitative estimate of drug-likeness (QED) is 0.0411. The summed E-state index contributed by atoms with van der Waals surface area (Å²) in [6.07, 6.45) is 40.4. The van der Waals surface area contributed by atoms with Gasteiger partial charge in [-0.15, -0.1) is 0 Å². The third-order valence-electron chi connectivity index (χ3n) is 8.26. The van der Waals surface area contributed by atoms with Gasteiger partial charge in [0.05, 0.1) is 25.4 Å². The van der Waals surface area contributed by atoms with Crippen molar-refractivity contribution >= 4 is 0 Å². The van der Waals surface area contributed by atoms with Crippen LogP contribution in [0.5, 0.6) is 0 Å². The Kier molecular flexibility index (Phi) is 34.4. The van der Waals surface area contributed by atoms with Crippen LogP contribution in [0.15, 0.2) is 12.2 Å².